The Hall–Kier alpha value is -1.99. The first-order valence-electron chi connectivity index (χ1n) is 7.59. The summed E-state index contributed by atoms with van der Waals surface area (Å²) in [5, 5.41) is 0. The van der Waals surface area contributed by atoms with Crippen molar-refractivity contribution in [1.29, 1.82) is 0 Å². The van der Waals surface area contributed by atoms with Gasteiger partial charge in [-0.1, -0.05) is 18.8 Å². The number of methoxy groups -OCH3 is 1. The van der Waals surface area contributed by atoms with Gasteiger partial charge >= 0.3 is 0 Å². The van der Waals surface area contributed by atoms with E-state index < -0.39 is 0 Å². The summed E-state index contributed by atoms with van der Waals surface area (Å²) in [6.45, 7) is 2.42. The van der Waals surface area contributed by atoms with Gasteiger partial charge in [0.25, 0.3) is 0 Å². The molecule has 0 saturated heterocycles. The zero-order valence-electron chi connectivity index (χ0n) is 13.5. The number of unbranched alkanes of at least 4 members (excludes halogenated alkanes) is 3. The fourth-order valence-corrected chi connectivity index (χ4v) is 2.14. The van der Waals surface area contributed by atoms with Crippen LogP contribution in [0, 0.1) is 12.3 Å². The average molecular weight is 303 g/mol. The lowest BCUT2D eigenvalue weighted by molar-refractivity contribution is 0.112. The van der Waals surface area contributed by atoms with E-state index in [-0.39, 0.29) is 0 Å². The number of terminal acetylenes is 1. The number of carbonyl (C=O) groups excluding carboxylic acids is 1. The van der Waals surface area contributed by atoms with Gasteiger partial charge in [0.1, 0.15) is 11.5 Å². The van der Waals surface area contributed by atoms with Gasteiger partial charge in [0, 0.05) is 6.07 Å². The number of hydrogen-bond acceptors (Lipinski definition) is 4. The molecule has 0 atom stereocenters. The molecule has 0 spiro atoms. The van der Waals surface area contributed by atoms with E-state index >= 15 is 0 Å². The highest BCUT2D eigenvalue weighted by Gasteiger charge is 2.04. The van der Waals surface area contributed by atoms with Crippen molar-refractivity contribution in [1.82, 2.24) is 4.90 Å². The van der Waals surface area contributed by atoms with Crippen LogP contribution in [0.2, 0.25) is 0 Å². The van der Waals surface area contributed by atoms with Gasteiger partial charge in [-0.25, -0.2) is 0 Å². The van der Waals surface area contributed by atoms with Gasteiger partial charge in [-0.15, -0.1) is 6.42 Å². The van der Waals surface area contributed by atoms with Crippen LogP contribution in [0.1, 0.15) is 36.0 Å². The molecule has 0 unspecified atom stereocenters. The van der Waals surface area contributed by atoms with Crippen LogP contribution in [0.25, 0.3) is 0 Å². The topological polar surface area (TPSA) is 38.8 Å². The van der Waals surface area contributed by atoms with Crippen molar-refractivity contribution < 1.29 is 14.3 Å². The molecule has 0 radical (unpaired) electrons. The molecule has 1 aromatic rings. The molecule has 0 bridgehead atoms. The van der Waals surface area contributed by atoms with Crippen LogP contribution in [0.4, 0.5) is 0 Å². The second kappa shape index (κ2) is 10.7. The highest BCUT2D eigenvalue weighted by molar-refractivity contribution is 5.79. The van der Waals surface area contributed by atoms with E-state index in [4.69, 9.17) is 15.9 Å². The smallest absolute Gasteiger partial charge is 0.153 e. The molecule has 0 amide bonds. The van der Waals surface area contributed by atoms with Gasteiger partial charge < -0.3 is 9.47 Å². The average Bonchev–Trinajstić information content (AvgIpc) is 2.54. The Morgan fingerprint density at radius 1 is 1.27 bits per heavy atom. The van der Waals surface area contributed by atoms with Crippen LogP contribution in [0.15, 0.2) is 18.2 Å². The third-order valence-electron chi connectivity index (χ3n) is 3.40. The van der Waals surface area contributed by atoms with Gasteiger partial charge in [-0.05, 0) is 38.6 Å². The van der Waals surface area contributed by atoms with Gasteiger partial charge in [0.05, 0.1) is 25.8 Å². The molecule has 1 aromatic carbocycles. The van der Waals surface area contributed by atoms with E-state index in [1.165, 1.54) is 6.42 Å². The Kier molecular flexibility index (Phi) is 8.78. The first-order chi connectivity index (χ1) is 10.7. The maximum Gasteiger partial charge on any atom is 0.153 e. The highest BCUT2D eigenvalue weighted by atomic mass is 16.5. The first-order valence-corrected chi connectivity index (χ1v) is 7.59. The van der Waals surface area contributed by atoms with Crippen LogP contribution in [0.3, 0.4) is 0 Å². The summed E-state index contributed by atoms with van der Waals surface area (Å²) in [5.41, 5.74) is 0.533. The lowest BCUT2D eigenvalue weighted by atomic mass is 10.2. The number of nitrogens with zero attached hydrogens (tertiary/aromatic N) is 1. The predicted octanol–water partition coefficient (Wildman–Crippen LogP) is 3.01. The maximum absolute atomic E-state index is 10.8. The molecule has 1 rings (SSSR count). The summed E-state index contributed by atoms with van der Waals surface area (Å²) in [6, 6.07) is 5.25. The van der Waals surface area contributed by atoms with Crippen LogP contribution in [0.5, 0.6) is 11.5 Å². The van der Waals surface area contributed by atoms with E-state index in [9.17, 15) is 4.79 Å². The second-order valence-electron chi connectivity index (χ2n) is 5.23. The SMILES string of the molecule is C#CCN(C)CCCCCCOc1ccc(C=O)c(OC)c1. The highest BCUT2D eigenvalue weighted by Crippen LogP contribution is 2.23. The molecule has 0 aliphatic heterocycles. The molecule has 0 aliphatic carbocycles. The Balaban J connectivity index is 2.17. The normalized spacial score (nSPS) is 10.3. The molecule has 22 heavy (non-hydrogen) atoms. The van der Waals surface area contributed by atoms with Gasteiger partial charge in [-0.3, -0.25) is 9.69 Å². The molecule has 0 aromatic heterocycles. The number of benzene rings is 1. The summed E-state index contributed by atoms with van der Waals surface area (Å²) >= 11 is 0. The second-order valence-corrected chi connectivity index (χ2v) is 5.23. The minimum absolute atomic E-state index is 0.533. The fraction of sp³-hybridized carbons (Fsp3) is 0.500. The summed E-state index contributed by atoms with van der Waals surface area (Å²) in [5.74, 6) is 3.92. The standard InChI is InChI=1S/C18H25NO3/c1-4-11-19(2)12-7-5-6-8-13-22-17-10-9-16(15-20)18(14-17)21-3/h1,9-10,14-15H,5-8,11-13H2,2-3H3. The number of carbonyl (C=O) groups is 1. The quantitative estimate of drug-likeness (QED) is 0.358. The lowest BCUT2D eigenvalue weighted by Crippen LogP contribution is -2.19. The summed E-state index contributed by atoms with van der Waals surface area (Å²) < 4.78 is 10.8. The van der Waals surface area contributed by atoms with Crippen LogP contribution < -0.4 is 9.47 Å². The molecule has 0 N–H and O–H groups in total. The van der Waals surface area contributed by atoms with Crippen molar-refractivity contribution in [3.63, 3.8) is 0 Å². The lowest BCUT2D eigenvalue weighted by Gasteiger charge is -2.12. The van der Waals surface area contributed by atoms with Crippen molar-refractivity contribution in [3.05, 3.63) is 23.8 Å². The van der Waals surface area contributed by atoms with E-state index in [1.54, 1.807) is 25.3 Å². The van der Waals surface area contributed by atoms with Gasteiger partial charge in [-0.2, -0.15) is 0 Å². The van der Waals surface area contributed by atoms with Gasteiger partial charge in [0.15, 0.2) is 6.29 Å². The Bertz CT molecular complexity index is 494. The molecule has 0 saturated carbocycles. The maximum atomic E-state index is 10.8. The minimum Gasteiger partial charge on any atom is -0.496 e. The molecule has 4 nitrogen and oxygen atoms in total. The summed E-state index contributed by atoms with van der Waals surface area (Å²) in [6.07, 6.45) is 10.5. The van der Waals surface area contributed by atoms with Crippen molar-refractivity contribution in [3.8, 4) is 23.8 Å². The van der Waals surface area contributed by atoms with Crippen LogP contribution in [-0.4, -0.2) is 45.0 Å². The number of ether oxygens (including phenoxy) is 2. The van der Waals surface area contributed by atoms with Crippen molar-refractivity contribution in [2.75, 3.05) is 33.9 Å². The van der Waals surface area contributed by atoms with E-state index in [1.807, 2.05) is 7.05 Å². The van der Waals surface area contributed by atoms with Crippen molar-refractivity contribution in [2.45, 2.75) is 25.7 Å². The Labute approximate surface area is 133 Å². The van der Waals surface area contributed by atoms with Crippen molar-refractivity contribution in [2.24, 2.45) is 0 Å². The molecule has 120 valence electrons. The van der Waals surface area contributed by atoms with E-state index in [0.29, 0.717) is 24.5 Å². The number of hydrogen-bond donors (Lipinski definition) is 0. The molecular formula is C18H25NO3. The van der Waals surface area contributed by atoms with Crippen LogP contribution in [-0.2, 0) is 0 Å². The largest absolute Gasteiger partial charge is 0.496 e. The third kappa shape index (κ3) is 6.64. The Morgan fingerprint density at radius 2 is 2.05 bits per heavy atom. The molecular weight excluding hydrogens is 278 g/mol. The predicted molar refractivity (Wildman–Crippen MR) is 88.7 cm³/mol. The molecule has 0 heterocycles. The first kappa shape index (κ1) is 18.1. The molecule has 4 heteroatoms. The van der Waals surface area contributed by atoms with Crippen molar-refractivity contribution >= 4 is 6.29 Å². The monoisotopic (exact) mass is 303 g/mol. The molecule has 0 aliphatic rings. The number of aldehydes is 1. The fourth-order valence-electron chi connectivity index (χ4n) is 2.14. The zero-order chi connectivity index (χ0) is 16.2. The minimum atomic E-state index is 0.533. The van der Waals surface area contributed by atoms with Gasteiger partial charge in [0.2, 0.25) is 0 Å². The summed E-state index contributed by atoms with van der Waals surface area (Å²) in [7, 11) is 3.59. The zero-order valence-corrected chi connectivity index (χ0v) is 13.5. The Morgan fingerprint density at radius 3 is 2.73 bits per heavy atom. The third-order valence-corrected chi connectivity index (χ3v) is 3.40. The molecule has 0 fully saturated rings. The van der Waals surface area contributed by atoms with E-state index in [2.05, 4.69) is 10.8 Å². The van der Waals surface area contributed by atoms with E-state index in [0.717, 1.165) is 37.8 Å². The van der Waals surface area contributed by atoms with Crippen LogP contribution >= 0.6 is 0 Å². The summed E-state index contributed by atoms with van der Waals surface area (Å²) in [4.78, 5) is 13.0. The number of rotatable bonds is 11.